The van der Waals surface area contributed by atoms with Gasteiger partial charge >= 0.3 is 5.97 Å². The lowest BCUT2D eigenvalue weighted by molar-refractivity contribution is -0.138. The lowest BCUT2D eigenvalue weighted by Crippen LogP contribution is -2.50. The molecule has 0 amide bonds. The van der Waals surface area contributed by atoms with Gasteiger partial charge in [-0.05, 0) is 25.0 Å². The standard InChI is InChI=1S/C15H19N3O2/c1-18(13-9-12(11-16)5-8-17-13)15(10-14(19)20)6-3-2-4-7-15/h5,8-9H,2-4,6-7,10H2,1H3,(H,19,20). The fourth-order valence-electron chi connectivity index (χ4n) is 3.04. The molecule has 0 atom stereocenters. The van der Waals surface area contributed by atoms with Crippen LogP contribution in [0.5, 0.6) is 0 Å². The fourth-order valence-corrected chi connectivity index (χ4v) is 3.04. The second kappa shape index (κ2) is 5.91. The van der Waals surface area contributed by atoms with E-state index in [4.69, 9.17) is 5.26 Å². The Morgan fingerprint density at radius 2 is 2.20 bits per heavy atom. The van der Waals surface area contributed by atoms with Crippen molar-refractivity contribution in [2.45, 2.75) is 44.1 Å². The predicted octanol–water partition coefficient (Wildman–Crippen LogP) is 2.57. The first-order chi connectivity index (χ1) is 9.57. The molecular weight excluding hydrogens is 254 g/mol. The zero-order chi connectivity index (χ0) is 14.6. The van der Waals surface area contributed by atoms with E-state index in [2.05, 4.69) is 11.1 Å². The number of aliphatic carboxylic acids is 1. The van der Waals surface area contributed by atoms with E-state index >= 15 is 0 Å². The average molecular weight is 273 g/mol. The summed E-state index contributed by atoms with van der Waals surface area (Å²) in [4.78, 5) is 17.5. The largest absolute Gasteiger partial charge is 0.481 e. The molecule has 0 aromatic carbocycles. The summed E-state index contributed by atoms with van der Waals surface area (Å²) in [6.45, 7) is 0. The van der Waals surface area contributed by atoms with E-state index in [1.165, 1.54) is 0 Å². The second-order valence-corrected chi connectivity index (χ2v) is 5.43. The normalized spacial score (nSPS) is 17.2. The van der Waals surface area contributed by atoms with E-state index in [1.807, 2.05) is 11.9 Å². The smallest absolute Gasteiger partial charge is 0.305 e. The van der Waals surface area contributed by atoms with Crippen LogP contribution in [0.1, 0.15) is 44.1 Å². The van der Waals surface area contributed by atoms with Crippen LogP contribution in [0.4, 0.5) is 5.82 Å². The highest BCUT2D eigenvalue weighted by Crippen LogP contribution is 2.37. The van der Waals surface area contributed by atoms with Crippen LogP contribution in [-0.4, -0.2) is 28.6 Å². The Bertz CT molecular complexity index is 530. The number of nitriles is 1. The molecule has 1 N–H and O–H groups in total. The van der Waals surface area contributed by atoms with Crippen molar-refractivity contribution in [2.24, 2.45) is 0 Å². The monoisotopic (exact) mass is 273 g/mol. The van der Waals surface area contributed by atoms with Crippen LogP contribution in [0, 0.1) is 11.3 Å². The van der Waals surface area contributed by atoms with Gasteiger partial charge in [0.2, 0.25) is 0 Å². The van der Waals surface area contributed by atoms with E-state index < -0.39 is 5.97 Å². The summed E-state index contributed by atoms with van der Waals surface area (Å²) in [5.41, 5.74) is 0.161. The Kier molecular flexibility index (Phi) is 4.23. The van der Waals surface area contributed by atoms with E-state index in [1.54, 1.807) is 18.3 Å². The zero-order valence-corrected chi connectivity index (χ0v) is 11.7. The number of rotatable bonds is 4. The van der Waals surface area contributed by atoms with Gasteiger partial charge in [-0.3, -0.25) is 4.79 Å². The first-order valence-electron chi connectivity index (χ1n) is 6.89. The Morgan fingerprint density at radius 1 is 1.50 bits per heavy atom. The molecule has 20 heavy (non-hydrogen) atoms. The molecule has 0 aliphatic heterocycles. The van der Waals surface area contributed by atoms with Crippen molar-refractivity contribution >= 4 is 11.8 Å². The molecular formula is C15H19N3O2. The van der Waals surface area contributed by atoms with Crippen molar-refractivity contribution in [3.8, 4) is 6.07 Å². The first-order valence-corrected chi connectivity index (χ1v) is 6.89. The zero-order valence-electron chi connectivity index (χ0n) is 11.7. The lowest BCUT2D eigenvalue weighted by atomic mass is 9.78. The van der Waals surface area contributed by atoms with Crippen LogP contribution >= 0.6 is 0 Å². The minimum atomic E-state index is -0.782. The third-order valence-corrected chi connectivity index (χ3v) is 4.19. The first kappa shape index (κ1) is 14.3. The van der Waals surface area contributed by atoms with Gasteiger partial charge in [-0.1, -0.05) is 19.3 Å². The number of aromatic nitrogens is 1. The fraction of sp³-hybridized carbons (Fsp3) is 0.533. The minimum Gasteiger partial charge on any atom is -0.481 e. The molecule has 1 saturated carbocycles. The molecule has 1 heterocycles. The average Bonchev–Trinajstić information content (AvgIpc) is 2.46. The summed E-state index contributed by atoms with van der Waals surface area (Å²) in [7, 11) is 1.89. The van der Waals surface area contributed by atoms with E-state index in [0.717, 1.165) is 32.1 Å². The molecule has 0 unspecified atom stereocenters. The van der Waals surface area contributed by atoms with Crippen molar-refractivity contribution < 1.29 is 9.90 Å². The van der Waals surface area contributed by atoms with Crippen molar-refractivity contribution in [1.29, 1.82) is 5.26 Å². The van der Waals surface area contributed by atoms with Crippen molar-refractivity contribution in [1.82, 2.24) is 4.98 Å². The maximum Gasteiger partial charge on any atom is 0.305 e. The van der Waals surface area contributed by atoms with Crippen LogP contribution in [0.3, 0.4) is 0 Å². The highest BCUT2D eigenvalue weighted by molar-refractivity contribution is 5.69. The van der Waals surface area contributed by atoms with Gasteiger partial charge in [-0.2, -0.15) is 5.26 Å². The molecule has 1 fully saturated rings. The number of carboxylic acids is 1. The number of pyridine rings is 1. The molecule has 1 aliphatic rings. The lowest BCUT2D eigenvalue weighted by Gasteiger charge is -2.44. The van der Waals surface area contributed by atoms with Crippen LogP contribution in [0.15, 0.2) is 18.3 Å². The summed E-state index contributed by atoms with van der Waals surface area (Å²) in [6.07, 6.45) is 6.65. The van der Waals surface area contributed by atoms with Gasteiger partial charge < -0.3 is 10.0 Å². The number of anilines is 1. The number of carboxylic acid groups (broad SMARTS) is 1. The minimum absolute atomic E-state index is 0.113. The SMILES string of the molecule is CN(c1cc(C#N)ccn1)C1(CC(=O)O)CCCCC1. The molecule has 0 radical (unpaired) electrons. The van der Waals surface area contributed by atoms with E-state index in [0.29, 0.717) is 11.4 Å². The number of hydrogen-bond acceptors (Lipinski definition) is 4. The van der Waals surface area contributed by atoms with Gasteiger partial charge in [0.15, 0.2) is 0 Å². The van der Waals surface area contributed by atoms with Crippen molar-refractivity contribution in [2.75, 3.05) is 11.9 Å². The molecule has 0 saturated heterocycles. The molecule has 0 bridgehead atoms. The van der Waals surface area contributed by atoms with Crippen molar-refractivity contribution in [3.05, 3.63) is 23.9 Å². The third kappa shape index (κ3) is 2.90. The molecule has 1 aliphatic carbocycles. The maximum atomic E-state index is 11.2. The topological polar surface area (TPSA) is 77.2 Å². The Morgan fingerprint density at radius 3 is 2.80 bits per heavy atom. The van der Waals surface area contributed by atoms with E-state index in [-0.39, 0.29) is 12.0 Å². The van der Waals surface area contributed by atoms with Crippen LogP contribution in [-0.2, 0) is 4.79 Å². The predicted molar refractivity (Wildman–Crippen MR) is 75.4 cm³/mol. The molecule has 2 rings (SSSR count). The number of nitrogens with zero attached hydrogens (tertiary/aromatic N) is 3. The van der Waals surface area contributed by atoms with E-state index in [9.17, 15) is 9.90 Å². The van der Waals surface area contributed by atoms with Gasteiger partial charge in [0.25, 0.3) is 0 Å². The summed E-state index contributed by atoms with van der Waals surface area (Å²) in [6, 6.07) is 5.47. The summed E-state index contributed by atoms with van der Waals surface area (Å²) < 4.78 is 0. The van der Waals surface area contributed by atoms with Gasteiger partial charge in [-0.15, -0.1) is 0 Å². The van der Waals surface area contributed by atoms with Gasteiger partial charge in [0.1, 0.15) is 5.82 Å². The number of carbonyl (C=O) groups is 1. The molecule has 1 aromatic rings. The Labute approximate surface area is 118 Å². The summed E-state index contributed by atoms with van der Waals surface area (Å²) in [5.74, 6) is -0.109. The maximum absolute atomic E-state index is 11.2. The van der Waals surface area contributed by atoms with Crippen molar-refractivity contribution in [3.63, 3.8) is 0 Å². The molecule has 106 valence electrons. The number of hydrogen-bond donors (Lipinski definition) is 1. The quantitative estimate of drug-likeness (QED) is 0.912. The molecule has 5 nitrogen and oxygen atoms in total. The summed E-state index contributed by atoms with van der Waals surface area (Å²) in [5, 5.41) is 18.2. The van der Waals surface area contributed by atoms with Crippen LogP contribution in [0.2, 0.25) is 0 Å². The third-order valence-electron chi connectivity index (χ3n) is 4.19. The van der Waals surface area contributed by atoms with Crippen LogP contribution < -0.4 is 4.90 Å². The Balaban J connectivity index is 2.32. The van der Waals surface area contributed by atoms with Gasteiger partial charge in [0, 0.05) is 13.2 Å². The molecule has 0 spiro atoms. The van der Waals surface area contributed by atoms with Crippen LogP contribution in [0.25, 0.3) is 0 Å². The summed E-state index contributed by atoms with van der Waals surface area (Å²) >= 11 is 0. The molecule has 5 heteroatoms. The van der Waals surface area contributed by atoms with Gasteiger partial charge in [-0.25, -0.2) is 4.98 Å². The van der Waals surface area contributed by atoms with Gasteiger partial charge in [0.05, 0.1) is 23.6 Å². The Hall–Kier alpha value is -2.09. The second-order valence-electron chi connectivity index (χ2n) is 5.43. The molecule has 1 aromatic heterocycles. The highest BCUT2D eigenvalue weighted by Gasteiger charge is 2.38. The highest BCUT2D eigenvalue weighted by atomic mass is 16.4.